The molecule has 2 aliphatic rings. The van der Waals surface area contributed by atoms with E-state index in [0.29, 0.717) is 6.04 Å². The number of nitrogens with two attached hydrogens (primary N) is 1. The van der Waals surface area contributed by atoms with E-state index in [9.17, 15) is 0 Å². The maximum absolute atomic E-state index is 8.81. The van der Waals surface area contributed by atoms with Crippen molar-refractivity contribution in [3.05, 3.63) is 28.2 Å². The Morgan fingerprint density at radius 1 is 1.24 bits per heavy atom. The van der Waals surface area contributed by atoms with E-state index >= 15 is 0 Å². The zero-order chi connectivity index (χ0) is 14.8. The number of nitrogens with zero attached hydrogens (tertiary/aromatic N) is 2. The lowest BCUT2D eigenvalue weighted by atomic mass is 9.95. The van der Waals surface area contributed by atoms with Crippen molar-refractivity contribution < 1.29 is 5.21 Å². The van der Waals surface area contributed by atoms with Gasteiger partial charge in [-0.25, -0.2) is 0 Å². The van der Waals surface area contributed by atoms with Crippen molar-refractivity contribution >= 4 is 27.5 Å². The fourth-order valence-corrected chi connectivity index (χ4v) is 4.46. The molecule has 1 saturated heterocycles. The Bertz CT molecular complexity index is 540. The van der Waals surface area contributed by atoms with Gasteiger partial charge in [0.05, 0.1) is 0 Å². The summed E-state index contributed by atoms with van der Waals surface area (Å²) in [4.78, 5) is 2.55. The van der Waals surface area contributed by atoms with Crippen LogP contribution in [0.3, 0.4) is 0 Å². The van der Waals surface area contributed by atoms with Gasteiger partial charge in [0.15, 0.2) is 5.84 Å². The highest BCUT2D eigenvalue weighted by Crippen LogP contribution is 2.38. The Balaban J connectivity index is 1.84. The van der Waals surface area contributed by atoms with Gasteiger partial charge in [0.2, 0.25) is 0 Å². The van der Waals surface area contributed by atoms with Crippen molar-refractivity contribution in [3.8, 4) is 0 Å². The largest absolute Gasteiger partial charge is 0.409 e. The van der Waals surface area contributed by atoms with Crippen molar-refractivity contribution in [2.24, 2.45) is 16.8 Å². The average Bonchev–Trinajstić information content (AvgIpc) is 3.16. The van der Waals surface area contributed by atoms with E-state index in [4.69, 9.17) is 10.9 Å². The number of hydrogen-bond donors (Lipinski definition) is 2. The minimum absolute atomic E-state index is 0.141. The average molecular weight is 352 g/mol. The van der Waals surface area contributed by atoms with Gasteiger partial charge in [0.1, 0.15) is 0 Å². The van der Waals surface area contributed by atoms with Crippen LogP contribution in [-0.2, 0) is 0 Å². The molecule has 3 N–H and O–H groups in total. The van der Waals surface area contributed by atoms with Crippen molar-refractivity contribution in [3.63, 3.8) is 0 Å². The van der Waals surface area contributed by atoms with E-state index in [1.165, 1.54) is 44.2 Å². The van der Waals surface area contributed by atoms with Crippen molar-refractivity contribution in [2.75, 3.05) is 11.4 Å². The van der Waals surface area contributed by atoms with Crippen LogP contribution in [0.15, 0.2) is 27.8 Å². The summed E-state index contributed by atoms with van der Waals surface area (Å²) in [7, 11) is 0. The number of anilines is 1. The minimum atomic E-state index is 0.141. The zero-order valence-electron chi connectivity index (χ0n) is 12.1. The first-order valence-corrected chi connectivity index (χ1v) is 8.54. The highest BCUT2D eigenvalue weighted by molar-refractivity contribution is 9.10. The van der Waals surface area contributed by atoms with Crippen LogP contribution in [0, 0.1) is 5.92 Å². The Morgan fingerprint density at radius 2 is 2.00 bits per heavy atom. The summed E-state index contributed by atoms with van der Waals surface area (Å²) in [6.45, 7) is 1.14. The van der Waals surface area contributed by atoms with E-state index < -0.39 is 0 Å². The lowest BCUT2D eigenvalue weighted by molar-refractivity contribution is 0.318. The maximum atomic E-state index is 8.81. The molecule has 21 heavy (non-hydrogen) atoms. The van der Waals surface area contributed by atoms with Crippen LogP contribution in [0.25, 0.3) is 0 Å². The van der Waals surface area contributed by atoms with Gasteiger partial charge in [-0.2, -0.15) is 0 Å². The molecule has 0 radical (unpaired) electrons. The Hall–Kier alpha value is -1.23. The van der Waals surface area contributed by atoms with E-state index in [0.717, 1.165) is 22.5 Å². The van der Waals surface area contributed by atoms with Crippen LogP contribution in [-0.4, -0.2) is 23.6 Å². The predicted molar refractivity (Wildman–Crippen MR) is 89.0 cm³/mol. The summed E-state index contributed by atoms with van der Waals surface area (Å²) in [5.41, 5.74) is 7.66. The first-order chi connectivity index (χ1) is 10.2. The van der Waals surface area contributed by atoms with Crippen LogP contribution in [0.2, 0.25) is 0 Å². The molecule has 1 aromatic carbocycles. The summed E-state index contributed by atoms with van der Waals surface area (Å²) in [6, 6.07) is 6.80. The van der Waals surface area contributed by atoms with Crippen LogP contribution in [0.5, 0.6) is 0 Å². The smallest absolute Gasteiger partial charge is 0.171 e. The number of amidine groups is 1. The van der Waals surface area contributed by atoms with Gasteiger partial charge in [-0.05, 0) is 65.7 Å². The summed E-state index contributed by atoms with van der Waals surface area (Å²) in [5, 5.41) is 11.9. The molecule has 1 saturated carbocycles. The Kier molecular flexibility index (Phi) is 4.38. The SMILES string of the molecule is N/C(=N/O)c1ccc(N2CCCC2C2CCCC2)cc1Br. The summed E-state index contributed by atoms with van der Waals surface area (Å²) < 4.78 is 0.882. The number of hydrogen-bond acceptors (Lipinski definition) is 3. The van der Waals surface area contributed by atoms with Crippen molar-refractivity contribution in [1.82, 2.24) is 0 Å². The lowest BCUT2D eigenvalue weighted by Gasteiger charge is -2.31. The zero-order valence-corrected chi connectivity index (χ0v) is 13.7. The number of rotatable bonds is 3. The van der Waals surface area contributed by atoms with E-state index in [2.05, 4.69) is 38.1 Å². The molecule has 3 rings (SSSR count). The van der Waals surface area contributed by atoms with Crippen molar-refractivity contribution in [1.29, 1.82) is 0 Å². The number of benzene rings is 1. The predicted octanol–water partition coefficient (Wildman–Crippen LogP) is 3.70. The van der Waals surface area contributed by atoms with Gasteiger partial charge in [-0.1, -0.05) is 18.0 Å². The topological polar surface area (TPSA) is 61.9 Å². The molecule has 1 aliphatic heterocycles. The van der Waals surface area contributed by atoms with Crippen molar-refractivity contribution in [2.45, 2.75) is 44.6 Å². The van der Waals surface area contributed by atoms with Crippen LogP contribution in [0.4, 0.5) is 5.69 Å². The summed E-state index contributed by atoms with van der Waals surface area (Å²) >= 11 is 3.54. The molecule has 1 atom stereocenters. The maximum Gasteiger partial charge on any atom is 0.171 e. The molecular formula is C16H22BrN3O. The standard InChI is InChI=1S/C16H22BrN3O/c17-14-10-12(7-8-13(14)16(18)19-21)20-9-3-6-15(20)11-4-1-2-5-11/h7-8,10-11,15,21H,1-6,9H2,(H2,18,19). The Labute approximate surface area is 134 Å². The van der Waals surface area contributed by atoms with Gasteiger partial charge >= 0.3 is 0 Å². The summed E-state index contributed by atoms with van der Waals surface area (Å²) in [5.74, 6) is 0.997. The third-order valence-corrected chi connectivity index (χ3v) is 5.57. The highest BCUT2D eigenvalue weighted by atomic mass is 79.9. The van der Waals surface area contributed by atoms with Crippen LogP contribution in [0.1, 0.15) is 44.1 Å². The fourth-order valence-electron chi connectivity index (χ4n) is 3.89. The van der Waals surface area contributed by atoms with Gasteiger partial charge in [-0.15, -0.1) is 0 Å². The molecule has 4 nitrogen and oxygen atoms in total. The molecule has 0 spiro atoms. The number of oxime groups is 1. The van der Waals surface area contributed by atoms with E-state index in [1.807, 2.05) is 6.07 Å². The first kappa shape index (κ1) is 14.7. The molecule has 0 bridgehead atoms. The molecule has 1 heterocycles. The van der Waals surface area contributed by atoms with E-state index in [-0.39, 0.29) is 5.84 Å². The molecule has 114 valence electrons. The second-order valence-electron chi connectivity index (χ2n) is 6.10. The second kappa shape index (κ2) is 6.26. The molecular weight excluding hydrogens is 330 g/mol. The van der Waals surface area contributed by atoms with Gasteiger partial charge in [0.25, 0.3) is 0 Å². The molecule has 5 heteroatoms. The molecule has 2 fully saturated rings. The minimum Gasteiger partial charge on any atom is -0.409 e. The first-order valence-electron chi connectivity index (χ1n) is 7.75. The van der Waals surface area contributed by atoms with Crippen LogP contribution < -0.4 is 10.6 Å². The monoisotopic (exact) mass is 351 g/mol. The lowest BCUT2D eigenvalue weighted by Crippen LogP contribution is -2.34. The highest BCUT2D eigenvalue weighted by Gasteiger charge is 2.33. The second-order valence-corrected chi connectivity index (χ2v) is 6.95. The third-order valence-electron chi connectivity index (χ3n) is 4.91. The van der Waals surface area contributed by atoms with Gasteiger partial charge in [-0.3, -0.25) is 0 Å². The van der Waals surface area contributed by atoms with Gasteiger partial charge < -0.3 is 15.8 Å². The molecule has 0 amide bonds. The third kappa shape index (κ3) is 2.89. The quantitative estimate of drug-likeness (QED) is 0.377. The summed E-state index contributed by atoms with van der Waals surface area (Å²) in [6.07, 6.45) is 8.13. The number of halogens is 1. The van der Waals surface area contributed by atoms with Gasteiger partial charge in [0, 0.05) is 28.3 Å². The Morgan fingerprint density at radius 3 is 2.67 bits per heavy atom. The molecule has 1 aliphatic carbocycles. The normalized spacial score (nSPS) is 24.0. The molecule has 1 unspecified atom stereocenters. The fraction of sp³-hybridized carbons (Fsp3) is 0.562. The van der Waals surface area contributed by atoms with Crippen LogP contribution >= 0.6 is 15.9 Å². The molecule has 0 aromatic heterocycles. The molecule has 1 aromatic rings. The van der Waals surface area contributed by atoms with E-state index in [1.54, 1.807) is 0 Å².